The summed E-state index contributed by atoms with van der Waals surface area (Å²) in [6, 6.07) is 0.687. The van der Waals surface area contributed by atoms with Crippen LogP contribution in [0.2, 0.25) is 0 Å². The monoisotopic (exact) mass is 399 g/mol. The lowest BCUT2D eigenvalue weighted by Gasteiger charge is -2.43. The second-order valence-electron chi connectivity index (χ2n) is 8.64. The summed E-state index contributed by atoms with van der Waals surface area (Å²) in [4.78, 5) is 12.8. The number of hydrogen-bond donors (Lipinski definition) is 4. The fourth-order valence-electron chi connectivity index (χ4n) is 5.00. The van der Waals surface area contributed by atoms with Crippen LogP contribution in [0.15, 0.2) is 0 Å². The van der Waals surface area contributed by atoms with E-state index < -0.39 is 6.17 Å². The molecule has 0 aromatic heterocycles. The Morgan fingerprint density at radius 1 is 1.15 bits per heavy atom. The van der Waals surface area contributed by atoms with Gasteiger partial charge in [-0.25, -0.2) is 9.82 Å². The average molecular weight is 400 g/mol. The lowest BCUT2D eigenvalue weighted by Crippen LogP contribution is -2.61. The number of nitrogens with one attached hydrogen (secondary N) is 4. The number of carbonyl (C=O) groups excluding carboxylic acids is 1. The molecule has 2 saturated carbocycles. The third-order valence-corrected chi connectivity index (χ3v) is 8.13. The Labute approximate surface area is 166 Å². The third kappa shape index (κ3) is 4.78. The minimum Gasteiger partial charge on any atom is -0.352 e. The van der Waals surface area contributed by atoms with E-state index in [1.54, 1.807) is 0 Å². The van der Waals surface area contributed by atoms with E-state index in [1.165, 1.54) is 12.8 Å². The van der Waals surface area contributed by atoms with Gasteiger partial charge in [-0.05, 0) is 51.9 Å². The minimum absolute atomic E-state index is 0.0902. The number of amides is 1. The van der Waals surface area contributed by atoms with Gasteiger partial charge in [0.05, 0.1) is 12.0 Å². The van der Waals surface area contributed by atoms with E-state index >= 15 is 0 Å². The Bertz CT molecular complexity index is 526. The molecule has 8 heteroatoms. The van der Waals surface area contributed by atoms with Gasteiger partial charge in [-0.15, -0.1) is 11.8 Å². The van der Waals surface area contributed by atoms with Crippen LogP contribution in [-0.2, 0) is 4.79 Å². The maximum absolute atomic E-state index is 13.7. The second-order valence-corrected chi connectivity index (χ2v) is 10.1. The fraction of sp³-hybridized carbons (Fsp3) is 0.947. The van der Waals surface area contributed by atoms with Crippen molar-refractivity contribution in [3.8, 4) is 0 Å². The Hall–Kier alpha value is -0.410. The summed E-state index contributed by atoms with van der Waals surface area (Å²) in [5.41, 5.74) is 3.44. The first kappa shape index (κ1) is 19.9. The summed E-state index contributed by atoms with van der Waals surface area (Å²) >= 11 is 2.01. The topological polar surface area (TPSA) is 68.4 Å². The highest BCUT2D eigenvalue weighted by Gasteiger charge is 2.40. The van der Waals surface area contributed by atoms with E-state index in [2.05, 4.69) is 33.3 Å². The molecule has 0 radical (unpaired) electrons. The average Bonchev–Trinajstić information content (AvgIpc) is 3.12. The molecule has 4 fully saturated rings. The highest BCUT2D eigenvalue weighted by Crippen LogP contribution is 2.36. The molecule has 27 heavy (non-hydrogen) atoms. The normalized spacial score (nSPS) is 43.3. The van der Waals surface area contributed by atoms with Crippen molar-refractivity contribution in [1.82, 2.24) is 26.4 Å². The Balaban J connectivity index is 1.36. The lowest BCUT2D eigenvalue weighted by molar-refractivity contribution is -0.127. The standard InChI is InChI=1S/C19H34FN5OS/c1-12-9-17(25-19(23-12)21-11-22-25)27-16-8-3-2-7-15(16)24-18(26)13-5-4-6-14(20)10-13/h12-17,19,21-23H,2-11H2,1H3,(H,24,26). The molecule has 4 rings (SSSR count). The number of thioether (sulfide) groups is 1. The summed E-state index contributed by atoms with van der Waals surface area (Å²) in [5, 5.41) is 13.5. The summed E-state index contributed by atoms with van der Waals surface area (Å²) in [6.45, 7) is 3.03. The number of hydrazine groups is 1. The molecular weight excluding hydrogens is 365 g/mol. The zero-order valence-electron chi connectivity index (χ0n) is 16.3. The molecule has 1 amide bonds. The Morgan fingerprint density at radius 3 is 2.85 bits per heavy atom. The SMILES string of the molecule is CC1CC(SC2CCCCC2NC(=O)C2CCCC(F)C2)N2NCNC2N1. The van der Waals surface area contributed by atoms with Gasteiger partial charge in [-0.2, -0.15) is 5.01 Å². The zero-order valence-corrected chi connectivity index (χ0v) is 17.1. The largest absolute Gasteiger partial charge is 0.352 e. The molecule has 0 spiro atoms. The number of alkyl halides is 1. The predicted molar refractivity (Wildman–Crippen MR) is 106 cm³/mol. The van der Waals surface area contributed by atoms with Gasteiger partial charge in [0, 0.05) is 23.3 Å². The van der Waals surface area contributed by atoms with Crippen molar-refractivity contribution in [3.05, 3.63) is 0 Å². The van der Waals surface area contributed by atoms with Crippen molar-refractivity contribution in [1.29, 1.82) is 0 Å². The Kier molecular flexibility index (Phi) is 6.59. The van der Waals surface area contributed by atoms with Gasteiger partial charge in [-0.1, -0.05) is 12.8 Å². The van der Waals surface area contributed by atoms with Crippen molar-refractivity contribution in [3.63, 3.8) is 0 Å². The number of hydrogen-bond acceptors (Lipinski definition) is 6. The van der Waals surface area contributed by atoms with Gasteiger partial charge in [0.15, 0.2) is 0 Å². The first-order valence-electron chi connectivity index (χ1n) is 10.7. The highest BCUT2D eigenvalue weighted by molar-refractivity contribution is 8.00. The maximum atomic E-state index is 13.7. The van der Waals surface area contributed by atoms with Crippen LogP contribution in [0.5, 0.6) is 0 Å². The van der Waals surface area contributed by atoms with Crippen LogP contribution in [0.3, 0.4) is 0 Å². The predicted octanol–water partition coefficient (Wildman–Crippen LogP) is 2.03. The van der Waals surface area contributed by atoms with Crippen molar-refractivity contribution < 1.29 is 9.18 Å². The first-order valence-corrected chi connectivity index (χ1v) is 11.7. The lowest BCUT2D eigenvalue weighted by atomic mass is 9.86. The Morgan fingerprint density at radius 2 is 2.00 bits per heavy atom. The van der Waals surface area contributed by atoms with Gasteiger partial charge >= 0.3 is 0 Å². The van der Waals surface area contributed by atoms with Crippen LogP contribution >= 0.6 is 11.8 Å². The van der Waals surface area contributed by atoms with Gasteiger partial charge in [0.2, 0.25) is 5.91 Å². The van der Waals surface area contributed by atoms with Crippen LogP contribution in [0.1, 0.15) is 64.7 Å². The smallest absolute Gasteiger partial charge is 0.223 e. The molecule has 4 aliphatic rings. The number of rotatable bonds is 4. The van der Waals surface area contributed by atoms with Crippen LogP contribution < -0.4 is 21.4 Å². The molecule has 7 unspecified atom stereocenters. The minimum atomic E-state index is -0.798. The molecule has 2 aliphatic heterocycles. The highest BCUT2D eigenvalue weighted by atomic mass is 32.2. The summed E-state index contributed by atoms with van der Waals surface area (Å²) in [7, 11) is 0. The van der Waals surface area contributed by atoms with Crippen LogP contribution in [0, 0.1) is 5.92 Å². The molecule has 2 saturated heterocycles. The number of nitrogens with zero attached hydrogens (tertiary/aromatic N) is 1. The molecule has 2 heterocycles. The molecule has 0 aromatic rings. The van der Waals surface area contributed by atoms with Gasteiger partial charge in [0.1, 0.15) is 12.5 Å². The van der Waals surface area contributed by atoms with Crippen molar-refractivity contribution >= 4 is 17.7 Å². The summed E-state index contributed by atoms with van der Waals surface area (Å²) in [6.07, 6.45) is 7.78. The summed E-state index contributed by atoms with van der Waals surface area (Å²) < 4.78 is 13.7. The fourth-order valence-corrected chi connectivity index (χ4v) is 6.83. The molecular formula is C19H34FN5OS. The number of halogens is 1. The van der Waals surface area contributed by atoms with Crippen LogP contribution in [-0.4, -0.2) is 52.8 Å². The molecule has 4 N–H and O–H groups in total. The quantitative estimate of drug-likeness (QED) is 0.580. The molecule has 0 bridgehead atoms. The van der Waals surface area contributed by atoms with Crippen LogP contribution in [0.25, 0.3) is 0 Å². The van der Waals surface area contributed by atoms with E-state index in [-0.39, 0.29) is 24.2 Å². The second kappa shape index (κ2) is 8.95. The van der Waals surface area contributed by atoms with Crippen molar-refractivity contribution in [2.45, 2.75) is 99.9 Å². The van der Waals surface area contributed by atoms with E-state index in [0.29, 0.717) is 29.5 Å². The number of fused-ring (bicyclic) bond motifs is 1. The molecule has 154 valence electrons. The van der Waals surface area contributed by atoms with Gasteiger partial charge in [0.25, 0.3) is 0 Å². The van der Waals surface area contributed by atoms with E-state index in [9.17, 15) is 9.18 Å². The van der Waals surface area contributed by atoms with Crippen molar-refractivity contribution in [2.24, 2.45) is 5.92 Å². The molecule has 2 aliphatic carbocycles. The van der Waals surface area contributed by atoms with Crippen molar-refractivity contribution in [2.75, 3.05) is 6.67 Å². The van der Waals surface area contributed by atoms with Gasteiger partial charge < -0.3 is 5.32 Å². The first-order chi connectivity index (χ1) is 13.1. The zero-order chi connectivity index (χ0) is 18.8. The molecule has 0 aromatic carbocycles. The van der Waals surface area contributed by atoms with E-state index in [1.807, 2.05) is 11.8 Å². The van der Waals surface area contributed by atoms with Gasteiger partial charge in [-0.3, -0.25) is 15.4 Å². The summed E-state index contributed by atoms with van der Waals surface area (Å²) in [5.74, 6) is -0.0403. The van der Waals surface area contributed by atoms with E-state index in [4.69, 9.17) is 0 Å². The maximum Gasteiger partial charge on any atom is 0.223 e. The van der Waals surface area contributed by atoms with Crippen LogP contribution in [0.4, 0.5) is 4.39 Å². The van der Waals surface area contributed by atoms with E-state index in [0.717, 1.165) is 38.8 Å². The number of carbonyl (C=O) groups is 1. The molecule has 6 nitrogen and oxygen atoms in total. The third-order valence-electron chi connectivity index (χ3n) is 6.49. The molecule has 7 atom stereocenters.